The summed E-state index contributed by atoms with van der Waals surface area (Å²) >= 11 is 0. The summed E-state index contributed by atoms with van der Waals surface area (Å²) in [4.78, 5) is 16.3. The molecule has 1 aromatic carbocycles. The summed E-state index contributed by atoms with van der Waals surface area (Å²) in [6, 6.07) is 5.44. The molecule has 1 fully saturated rings. The van der Waals surface area contributed by atoms with E-state index in [1.807, 2.05) is 0 Å². The van der Waals surface area contributed by atoms with E-state index in [1.54, 1.807) is 19.1 Å². The van der Waals surface area contributed by atoms with E-state index in [4.69, 9.17) is 9.26 Å². The Morgan fingerprint density at radius 1 is 1.52 bits per heavy atom. The maximum atomic E-state index is 13.2. The number of halogens is 1. The molecule has 1 aliphatic heterocycles. The largest absolute Gasteiger partial charge is 0.366 e. The van der Waals surface area contributed by atoms with Gasteiger partial charge in [0.15, 0.2) is 0 Å². The third kappa shape index (κ3) is 3.72. The van der Waals surface area contributed by atoms with Gasteiger partial charge in [0.25, 0.3) is 5.91 Å². The van der Waals surface area contributed by atoms with E-state index >= 15 is 0 Å². The topological polar surface area (TPSA) is 89.3 Å². The molecule has 1 aliphatic rings. The standard InChI is InChI=1S/C15H17FN4O3/c1-9(18-14(21)12-8-17-5-6-22-12)15-19-13(20-23-15)10-3-2-4-11(16)7-10/h2-4,7,9,12,17H,5-6,8H2,1H3,(H,18,21). The summed E-state index contributed by atoms with van der Waals surface area (Å²) < 4.78 is 23.8. The van der Waals surface area contributed by atoms with Crippen molar-refractivity contribution in [2.45, 2.75) is 19.1 Å². The summed E-state index contributed by atoms with van der Waals surface area (Å²) in [6.45, 7) is 3.44. The minimum absolute atomic E-state index is 0.241. The lowest BCUT2D eigenvalue weighted by Crippen LogP contribution is -2.48. The lowest BCUT2D eigenvalue weighted by atomic mass is 10.2. The Hall–Kier alpha value is -2.32. The predicted octanol–water partition coefficient (Wildman–Crippen LogP) is 1.04. The molecule has 7 nitrogen and oxygen atoms in total. The number of nitrogens with one attached hydrogen (secondary N) is 2. The fourth-order valence-electron chi connectivity index (χ4n) is 2.26. The first-order chi connectivity index (χ1) is 11.1. The van der Waals surface area contributed by atoms with E-state index in [9.17, 15) is 9.18 Å². The van der Waals surface area contributed by atoms with E-state index in [0.717, 1.165) is 6.54 Å². The van der Waals surface area contributed by atoms with E-state index in [0.29, 0.717) is 18.7 Å². The summed E-state index contributed by atoms with van der Waals surface area (Å²) in [5.41, 5.74) is 0.512. The second-order valence-corrected chi connectivity index (χ2v) is 5.26. The van der Waals surface area contributed by atoms with Crippen LogP contribution < -0.4 is 10.6 Å². The zero-order valence-corrected chi connectivity index (χ0v) is 12.6. The van der Waals surface area contributed by atoms with E-state index in [2.05, 4.69) is 20.8 Å². The smallest absolute Gasteiger partial charge is 0.251 e. The third-order valence-electron chi connectivity index (χ3n) is 3.47. The van der Waals surface area contributed by atoms with Crippen LogP contribution >= 0.6 is 0 Å². The van der Waals surface area contributed by atoms with Gasteiger partial charge in [0.05, 0.1) is 6.61 Å². The Morgan fingerprint density at radius 2 is 2.39 bits per heavy atom. The van der Waals surface area contributed by atoms with Crippen molar-refractivity contribution in [2.24, 2.45) is 0 Å². The second-order valence-electron chi connectivity index (χ2n) is 5.26. The Balaban J connectivity index is 1.66. The number of morpholine rings is 1. The van der Waals surface area contributed by atoms with Crippen LogP contribution in [0.15, 0.2) is 28.8 Å². The number of hydrogen-bond donors (Lipinski definition) is 2. The zero-order chi connectivity index (χ0) is 16.2. The predicted molar refractivity (Wildman–Crippen MR) is 78.9 cm³/mol. The van der Waals surface area contributed by atoms with Crippen molar-refractivity contribution < 1.29 is 18.4 Å². The first-order valence-corrected chi connectivity index (χ1v) is 7.36. The maximum Gasteiger partial charge on any atom is 0.251 e. The third-order valence-corrected chi connectivity index (χ3v) is 3.47. The molecule has 2 atom stereocenters. The molecular formula is C15H17FN4O3. The number of carbonyl (C=O) groups excluding carboxylic acids is 1. The Morgan fingerprint density at radius 3 is 3.13 bits per heavy atom. The molecule has 2 unspecified atom stereocenters. The summed E-state index contributed by atoms with van der Waals surface area (Å²) in [5.74, 6) is -0.0927. The maximum absolute atomic E-state index is 13.2. The van der Waals surface area contributed by atoms with E-state index in [-0.39, 0.29) is 23.4 Å². The van der Waals surface area contributed by atoms with Gasteiger partial charge in [-0.05, 0) is 19.1 Å². The number of benzene rings is 1. The number of aromatic nitrogens is 2. The van der Waals surface area contributed by atoms with Crippen LogP contribution in [-0.2, 0) is 9.53 Å². The Kier molecular flexibility index (Phi) is 4.63. The van der Waals surface area contributed by atoms with Gasteiger partial charge in [-0.25, -0.2) is 4.39 Å². The van der Waals surface area contributed by atoms with Gasteiger partial charge in [-0.2, -0.15) is 4.98 Å². The molecule has 0 bridgehead atoms. The number of nitrogens with zero attached hydrogens (tertiary/aromatic N) is 2. The van der Waals surface area contributed by atoms with E-state index in [1.165, 1.54) is 12.1 Å². The highest BCUT2D eigenvalue weighted by molar-refractivity contribution is 5.81. The lowest BCUT2D eigenvalue weighted by Gasteiger charge is -2.23. The van der Waals surface area contributed by atoms with Crippen LogP contribution in [0.3, 0.4) is 0 Å². The number of carbonyl (C=O) groups is 1. The van der Waals surface area contributed by atoms with E-state index < -0.39 is 12.1 Å². The molecule has 1 aromatic heterocycles. The fraction of sp³-hybridized carbons (Fsp3) is 0.400. The normalized spacial score (nSPS) is 19.3. The highest BCUT2D eigenvalue weighted by atomic mass is 19.1. The van der Waals surface area contributed by atoms with Crippen LogP contribution in [0.25, 0.3) is 11.4 Å². The Labute approximate surface area is 132 Å². The summed E-state index contributed by atoms with van der Waals surface area (Å²) in [6.07, 6.45) is -0.531. The molecule has 122 valence electrons. The number of rotatable bonds is 4. The molecule has 0 saturated carbocycles. The van der Waals surface area contributed by atoms with Gasteiger partial charge in [-0.3, -0.25) is 4.79 Å². The lowest BCUT2D eigenvalue weighted by molar-refractivity contribution is -0.135. The first kappa shape index (κ1) is 15.6. The van der Waals surface area contributed by atoms with Gasteiger partial charge in [-0.15, -0.1) is 0 Å². The monoisotopic (exact) mass is 320 g/mol. The summed E-state index contributed by atoms with van der Waals surface area (Å²) in [7, 11) is 0. The molecule has 23 heavy (non-hydrogen) atoms. The summed E-state index contributed by atoms with van der Waals surface area (Å²) in [5, 5.41) is 9.68. The number of amides is 1. The average molecular weight is 320 g/mol. The van der Waals surface area contributed by atoms with Gasteiger partial charge in [0, 0.05) is 18.7 Å². The molecule has 0 radical (unpaired) electrons. The van der Waals surface area contributed by atoms with Crippen molar-refractivity contribution in [3.05, 3.63) is 36.0 Å². The minimum Gasteiger partial charge on any atom is -0.366 e. The first-order valence-electron chi connectivity index (χ1n) is 7.36. The van der Waals surface area contributed by atoms with Crippen molar-refractivity contribution in [1.29, 1.82) is 0 Å². The fourth-order valence-corrected chi connectivity index (χ4v) is 2.26. The molecule has 0 aliphatic carbocycles. The van der Waals surface area contributed by atoms with Gasteiger partial charge in [-0.1, -0.05) is 17.3 Å². The highest BCUT2D eigenvalue weighted by Gasteiger charge is 2.25. The SMILES string of the molecule is CC(NC(=O)C1CNCCO1)c1nc(-c2cccc(F)c2)no1. The van der Waals surface area contributed by atoms with Gasteiger partial charge in [0.2, 0.25) is 11.7 Å². The average Bonchev–Trinajstić information content (AvgIpc) is 3.06. The second kappa shape index (κ2) is 6.84. The highest BCUT2D eigenvalue weighted by Crippen LogP contribution is 2.19. The van der Waals surface area contributed by atoms with Crippen LogP contribution in [0.5, 0.6) is 0 Å². The van der Waals surface area contributed by atoms with Crippen LogP contribution in [0.4, 0.5) is 4.39 Å². The van der Waals surface area contributed by atoms with Crippen molar-refractivity contribution in [3.63, 3.8) is 0 Å². The molecular weight excluding hydrogens is 303 g/mol. The van der Waals surface area contributed by atoms with Gasteiger partial charge >= 0.3 is 0 Å². The number of ether oxygens (including phenoxy) is 1. The van der Waals surface area contributed by atoms with Crippen LogP contribution in [0.2, 0.25) is 0 Å². The number of hydrogen-bond acceptors (Lipinski definition) is 6. The van der Waals surface area contributed by atoms with Crippen LogP contribution in [0.1, 0.15) is 18.9 Å². The van der Waals surface area contributed by atoms with Crippen molar-refractivity contribution in [2.75, 3.05) is 19.7 Å². The minimum atomic E-state index is -0.531. The Bertz CT molecular complexity index is 685. The molecule has 2 aromatic rings. The van der Waals surface area contributed by atoms with Crippen LogP contribution in [0, 0.1) is 5.82 Å². The molecule has 8 heteroatoms. The molecule has 0 spiro atoms. The quantitative estimate of drug-likeness (QED) is 0.875. The van der Waals surface area contributed by atoms with Crippen molar-refractivity contribution in [1.82, 2.24) is 20.8 Å². The zero-order valence-electron chi connectivity index (χ0n) is 12.6. The molecule has 2 N–H and O–H groups in total. The van der Waals surface area contributed by atoms with Crippen LogP contribution in [-0.4, -0.2) is 41.8 Å². The molecule has 1 saturated heterocycles. The van der Waals surface area contributed by atoms with Gasteiger partial charge < -0.3 is 19.9 Å². The molecule has 2 heterocycles. The van der Waals surface area contributed by atoms with Crippen molar-refractivity contribution in [3.8, 4) is 11.4 Å². The van der Waals surface area contributed by atoms with Gasteiger partial charge in [0.1, 0.15) is 18.0 Å². The molecule has 1 amide bonds. The molecule has 3 rings (SSSR count). The van der Waals surface area contributed by atoms with Crippen molar-refractivity contribution >= 4 is 5.91 Å².